The van der Waals surface area contributed by atoms with Crippen molar-refractivity contribution in [2.75, 3.05) is 0 Å². The molecule has 1 aliphatic heterocycles. The van der Waals surface area contributed by atoms with Crippen LogP contribution in [0.2, 0.25) is 0 Å². The largest absolute Gasteiger partial charge is 0.288 e. The third-order valence-electron chi connectivity index (χ3n) is 4.32. The molecule has 24 heavy (non-hydrogen) atoms. The zero-order chi connectivity index (χ0) is 16.9. The van der Waals surface area contributed by atoms with Crippen molar-refractivity contribution >= 4 is 18.1 Å². The van der Waals surface area contributed by atoms with E-state index in [4.69, 9.17) is 0 Å². The van der Waals surface area contributed by atoms with Gasteiger partial charge in [-0.25, -0.2) is 0 Å². The van der Waals surface area contributed by atoms with E-state index in [9.17, 15) is 14.4 Å². The Labute approximate surface area is 141 Å². The first-order valence-electron chi connectivity index (χ1n) is 8.00. The van der Waals surface area contributed by atoms with E-state index >= 15 is 0 Å². The molecule has 0 bridgehead atoms. The molecule has 0 aromatic heterocycles. The van der Waals surface area contributed by atoms with E-state index in [0.29, 0.717) is 12.8 Å². The minimum absolute atomic E-state index is 0.153. The summed E-state index contributed by atoms with van der Waals surface area (Å²) in [5.41, 5.74) is 1.91. The molecule has 0 aliphatic carbocycles. The van der Waals surface area contributed by atoms with E-state index in [-0.39, 0.29) is 18.2 Å². The number of imide groups is 1. The standard InChI is InChI=1S/C20H18NO3/c22-14-18(12-16-9-5-2-6-10-16)21-19(23)13-17(20(21)24)11-15-7-3-1-4-8-15/h1-10,17-18H,11-13H2. The Kier molecular flexibility index (Phi) is 4.85. The number of benzene rings is 2. The highest BCUT2D eigenvalue weighted by atomic mass is 16.2. The molecule has 4 nitrogen and oxygen atoms in total. The van der Waals surface area contributed by atoms with Gasteiger partial charge in [0.05, 0.1) is 5.92 Å². The van der Waals surface area contributed by atoms with Gasteiger partial charge in [0.2, 0.25) is 18.1 Å². The fraction of sp³-hybridized carbons (Fsp3) is 0.250. The second-order valence-corrected chi connectivity index (χ2v) is 6.02. The number of likely N-dealkylation sites (tertiary alicyclic amines) is 1. The normalized spacial score (nSPS) is 18.7. The first kappa shape index (κ1) is 16.1. The number of amides is 2. The van der Waals surface area contributed by atoms with Crippen molar-refractivity contribution < 1.29 is 14.4 Å². The molecule has 2 aromatic carbocycles. The van der Waals surface area contributed by atoms with Crippen molar-refractivity contribution in [1.29, 1.82) is 0 Å². The molecule has 2 atom stereocenters. The lowest BCUT2D eigenvalue weighted by molar-refractivity contribution is -0.140. The van der Waals surface area contributed by atoms with Crippen molar-refractivity contribution in [3.8, 4) is 0 Å². The van der Waals surface area contributed by atoms with Crippen LogP contribution < -0.4 is 0 Å². The SMILES string of the molecule is O=[C]C(Cc1ccccc1)N1C(=O)CC(Cc2ccccc2)C1=O. The molecule has 2 aromatic rings. The number of carbonyl (C=O) groups is 2. The molecular formula is C20H18NO3. The number of hydrogen-bond acceptors (Lipinski definition) is 3. The topological polar surface area (TPSA) is 54.5 Å². The van der Waals surface area contributed by atoms with Crippen molar-refractivity contribution in [2.24, 2.45) is 5.92 Å². The van der Waals surface area contributed by atoms with Gasteiger partial charge in [-0.3, -0.25) is 19.3 Å². The molecule has 4 heteroatoms. The molecule has 1 radical (unpaired) electrons. The van der Waals surface area contributed by atoms with Crippen LogP contribution in [0.3, 0.4) is 0 Å². The smallest absolute Gasteiger partial charge is 0.233 e. The zero-order valence-corrected chi connectivity index (χ0v) is 13.2. The predicted molar refractivity (Wildman–Crippen MR) is 89.7 cm³/mol. The maximum atomic E-state index is 12.6. The molecule has 1 saturated heterocycles. The number of nitrogens with zero attached hydrogens (tertiary/aromatic N) is 1. The summed E-state index contributed by atoms with van der Waals surface area (Å²) in [4.78, 5) is 37.4. The highest BCUT2D eigenvalue weighted by molar-refractivity contribution is 6.05. The number of rotatable bonds is 6. The van der Waals surface area contributed by atoms with E-state index in [0.717, 1.165) is 16.0 Å². The minimum Gasteiger partial charge on any atom is -0.288 e. The Bertz CT molecular complexity index is 727. The molecule has 2 amide bonds. The van der Waals surface area contributed by atoms with Gasteiger partial charge in [-0.2, -0.15) is 0 Å². The summed E-state index contributed by atoms with van der Waals surface area (Å²) in [7, 11) is 0. The van der Waals surface area contributed by atoms with E-state index in [1.807, 2.05) is 66.9 Å². The molecule has 0 spiro atoms. The molecule has 2 unspecified atom stereocenters. The summed E-state index contributed by atoms with van der Waals surface area (Å²) >= 11 is 0. The van der Waals surface area contributed by atoms with E-state index in [1.54, 1.807) is 0 Å². The maximum absolute atomic E-state index is 12.6. The molecule has 0 saturated carbocycles. The molecule has 3 rings (SSSR count). The van der Waals surface area contributed by atoms with Gasteiger partial charge in [-0.1, -0.05) is 60.7 Å². The van der Waals surface area contributed by atoms with Crippen LogP contribution in [0.4, 0.5) is 0 Å². The lowest BCUT2D eigenvalue weighted by Crippen LogP contribution is -2.42. The van der Waals surface area contributed by atoms with Gasteiger partial charge in [0.25, 0.3) is 0 Å². The highest BCUT2D eigenvalue weighted by Gasteiger charge is 2.42. The van der Waals surface area contributed by atoms with Crippen LogP contribution in [0.1, 0.15) is 17.5 Å². The van der Waals surface area contributed by atoms with Crippen LogP contribution in [0.25, 0.3) is 0 Å². The van der Waals surface area contributed by atoms with Gasteiger partial charge >= 0.3 is 0 Å². The zero-order valence-electron chi connectivity index (χ0n) is 13.2. The molecule has 121 valence electrons. The Morgan fingerprint density at radius 2 is 1.54 bits per heavy atom. The highest BCUT2D eigenvalue weighted by Crippen LogP contribution is 2.26. The van der Waals surface area contributed by atoms with Crippen molar-refractivity contribution in [1.82, 2.24) is 4.90 Å². The number of hydrogen-bond donors (Lipinski definition) is 0. The van der Waals surface area contributed by atoms with Gasteiger partial charge in [-0.15, -0.1) is 0 Å². The molecule has 0 N–H and O–H groups in total. The Morgan fingerprint density at radius 3 is 2.12 bits per heavy atom. The third kappa shape index (κ3) is 3.43. The lowest BCUT2D eigenvalue weighted by Gasteiger charge is -2.21. The quantitative estimate of drug-likeness (QED) is 0.768. The molecule has 1 heterocycles. The lowest BCUT2D eigenvalue weighted by atomic mass is 9.98. The summed E-state index contributed by atoms with van der Waals surface area (Å²) in [6.07, 6.45) is 2.84. The van der Waals surface area contributed by atoms with Gasteiger partial charge in [0, 0.05) is 12.8 Å². The van der Waals surface area contributed by atoms with Gasteiger partial charge in [0.15, 0.2) is 0 Å². The summed E-state index contributed by atoms with van der Waals surface area (Å²) < 4.78 is 0. The minimum atomic E-state index is -0.854. The molecule has 1 aliphatic rings. The van der Waals surface area contributed by atoms with Crippen molar-refractivity contribution in [3.05, 3.63) is 71.8 Å². The van der Waals surface area contributed by atoms with Crippen LogP contribution in [-0.4, -0.2) is 29.0 Å². The van der Waals surface area contributed by atoms with Crippen LogP contribution in [0.5, 0.6) is 0 Å². The summed E-state index contributed by atoms with van der Waals surface area (Å²) in [5.74, 6) is -0.954. The Balaban J connectivity index is 1.74. The van der Waals surface area contributed by atoms with E-state index in [2.05, 4.69) is 0 Å². The predicted octanol–water partition coefficient (Wildman–Crippen LogP) is 2.33. The Hall–Kier alpha value is -2.75. The summed E-state index contributed by atoms with van der Waals surface area (Å²) in [6.45, 7) is 0. The van der Waals surface area contributed by atoms with Gasteiger partial charge < -0.3 is 0 Å². The van der Waals surface area contributed by atoms with E-state index in [1.165, 1.54) is 0 Å². The Morgan fingerprint density at radius 1 is 0.958 bits per heavy atom. The average Bonchev–Trinajstić information content (AvgIpc) is 2.88. The fourth-order valence-electron chi connectivity index (χ4n) is 3.12. The second-order valence-electron chi connectivity index (χ2n) is 6.02. The maximum Gasteiger partial charge on any atom is 0.233 e. The van der Waals surface area contributed by atoms with Crippen LogP contribution in [-0.2, 0) is 27.2 Å². The first-order valence-corrected chi connectivity index (χ1v) is 8.00. The molecule has 1 fully saturated rings. The monoisotopic (exact) mass is 320 g/mol. The van der Waals surface area contributed by atoms with E-state index < -0.39 is 12.0 Å². The van der Waals surface area contributed by atoms with Gasteiger partial charge in [0.1, 0.15) is 6.04 Å². The van der Waals surface area contributed by atoms with Crippen LogP contribution in [0.15, 0.2) is 60.7 Å². The summed E-state index contributed by atoms with van der Waals surface area (Å²) in [5, 5.41) is 0. The second kappa shape index (κ2) is 7.21. The molecular weight excluding hydrogens is 302 g/mol. The fourth-order valence-corrected chi connectivity index (χ4v) is 3.12. The van der Waals surface area contributed by atoms with Crippen molar-refractivity contribution in [2.45, 2.75) is 25.3 Å². The summed E-state index contributed by atoms with van der Waals surface area (Å²) in [6, 6.07) is 18.1. The average molecular weight is 320 g/mol. The van der Waals surface area contributed by atoms with Crippen LogP contribution >= 0.6 is 0 Å². The first-order chi connectivity index (χ1) is 11.7. The van der Waals surface area contributed by atoms with Gasteiger partial charge in [-0.05, 0) is 17.5 Å². The van der Waals surface area contributed by atoms with Crippen LogP contribution in [0, 0.1) is 5.92 Å². The number of carbonyl (C=O) groups excluding carboxylic acids is 3. The van der Waals surface area contributed by atoms with Crippen molar-refractivity contribution in [3.63, 3.8) is 0 Å². The third-order valence-corrected chi connectivity index (χ3v) is 4.32.